The van der Waals surface area contributed by atoms with Gasteiger partial charge in [-0.25, -0.2) is 10.3 Å². The maximum atomic E-state index is 12.8. The van der Waals surface area contributed by atoms with Gasteiger partial charge in [-0.1, -0.05) is 73.1 Å². The largest absolute Gasteiger partial charge is 0.387 e. The second kappa shape index (κ2) is 19.7. The Morgan fingerprint density at radius 3 is 1.74 bits per heavy atom. The smallest absolute Gasteiger partial charge is 0.351 e. The lowest BCUT2D eigenvalue weighted by Gasteiger charge is -2.40. The molecular weight excluding hydrogens is 783 g/mol. The molecule has 2 heterocycles. The van der Waals surface area contributed by atoms with E-state index in [0.717, 1.165) is 29.0 Å². The summed E-state index contributed by atoms with van der Waals surface area (Å²) in [4.78, 5) is 50.8. The van der Waals surface area contributed by atoms with Gasteiger partial charge in [-0.3, -0.25) is 18.5 Å². The summed E-state index contributed by atoms with van der Waals surface area (Å²) in [6.45, 7) is 19.0. The van der Waals surface area contributed by atoms with Crippen LogP contribution in [0.2, 0.25) is 0 Å². The molecule has 1 unspecified atom stereocenters. The van der Waals surface area contributed by atoms with Crippen molar-refractivity contribution in [2.45, 2.75) is 77.6 Å². The van der Waals surface area contributed by atoms with Crippen molar-refractivity contribution < 1.29 is 67.6 Å². The molecule has 0 spiro atoms. The number of halogens is 5. The maximum absolute atomic E-state index is 12.8. The number of aromatic nitrogens is 2. The summed E-state index contributed by atoms with van der Waals surface area (Å²) in [5.41, 5.74) is 1.22. The Labute approximate surface area is 305 Å². The van der Waals surface area contributed by atoms with Gasteiger partial charge >= 0.3 is 31.1 Å². The number of aliphatic hydroxyl groups is 2. The monoisotopic (exact) mass is 835 g/mol. The van der Waals surface area contributed by atoms with E-state index in [2.05, 4.69) is 66.3 Å². The molecule has 16 nitrogen and oxygen atoms in total. The van der Waals surface area contributed by atoms with Crippen molar-refractivity contribution >= 4 is 31.2 Å². The third kappa shape index (κ3) is 17.5. The second-order valence-corrected chi connectivity index (χ2v) is 17.9. The van der Waals surface area contributed by atoms with Gasteiger partial charge < -0.3 is 44.0 Å². The predicted molar refractivity (Wildman–Crippen MR) is 190 cm³/mol. The van der Waals surface area contributed by atoms with E-state index in [1.54, 1.807) is 0 Å². The van der Waals surface area contributed by atoms with E-state index in [-0.39, 0.29) is 23.5 Å². The summed E-state index contributed by atoms with van der Waals surface area (Å²) >= 11 is 0. The summed E-state index contributed by atoms with van der Waals surface area (Å²) in [6.07, 6.45) is -5.51. The molecule has 2 aromatic rings. The summed E-state index contributed by atoms with van der Waals surface area (Å²) in [5, 5.41) is 20.4. The van der Waals surface area contributed by atoms with Gasteiger partial charge in [0.05, 0.1) is 13.2 Å². The molecule has 5 atom stereocenters. The van der Waals surface area contributed by atoms with Crippen LogP contribution in [0, 0.1) is 0 Å². The van der Waals surface area contributed by atoms with E-state index in [1.165, 1.54) is 39.3 Å². The van der Waals surface area contributed by atoms with Gasteiger partial charge in [0, 0.05) is 6.20 Å². The molecule has 53 heavy (non-hydrogen) atoms. The standard InChI is InChI=1S/C17H22F5N3O11P2S.2C6H15N/c18-39(19,20,21,22)11-3-1-10(2-4-11)7-34-24-13-5-6-25(17(28)23-13)16-15(27)14(26)12(36-16)8-35-38(32,33)9-37(29,30)31;2*1-4-7(5-2)6-3/h1-6,12,14-16,26-27H,7-9H2,(H,32,33)(H,23,24,28)(H2,29,30,31);2*4-6H2,1-3H3/t12-,14-,15-,16-;;/m1../s1. The van der Waals surface area contributed by atoms with Crippen molar-refractivity contribution in [3.8, 4) is 0 Å². The first-order valence-corrected chi connectivity index (χ1v) is 22.0. The van der Waals surface area contributed by atoms with Gasteiger partial charge in [0.2, 0.25) is 0 Å². The summed E-state index contributed by atoms with van der Waals surface area (Å²) < 4.78 is 97.1. The van der Waals surface area contributed by atoms with Gasteiger partial charge in [0.15, 0.2) is 17.9 Å². The second-order valence-electron chi connectivity index (χ2n) is 11.5. The van der Waals surface area contributed by atoms with Crippen LogP contribution in [0.1, 0.15) is 53.3 Å². The summed E-state index contributed by atoms with van der Waals surface area (Å²) in [7, 11) is -19.5. The number of anilines is 1. The van der Waals surface area contributed by atoms with Gasteiger partial charge in [-0.05, 0) is 63.0 Å². The van der Waals surface area contributed by atoms with E-state index in [4.69, 9.17) is 19.4 Å². The third-order valence-corrected chi connectivity index (χ3v) is 12.3. The highest BCUT2D eigenvalue weighted by Crippen LogP contribution is 3.02. The van der Waals surface area contributed by atoms with Crippen molar-refractivity contribution in [1.29, 1.82) is 0 Å². The molecule has 0 amide bonds. The fraction of sp³-hybridized carbons (Fsp3) is 0.655. The SMILES string of the molecule is CCN(CC)CC.CCN(CC)CC.O=c1nc(NOCc2ccc(S(F)(F)(F)(F)F)cc2)ccn1[C@@H]1O[C@H](COP(=O)(O)CP(=O)(O)O)[C@@H](O)[C@H]1O. The molecule has 0 aliphatic carbocycles. The van der Waals surface area contributed by atoms with Crippen LogP contribution in [0.4, 0.5) is 25.2 Å². The number of rotatable bonds is 17. The minimum atomic E-state index is -9.81. The average Bonchev–Trinajstić information content (AvgIpc) is 3.33. The number of hydrogen-bond acceptors (Lipinski definition) is 12. The number of ether oxygens (including phenoxy) is 1. The van der Waals surface area contributed by atoms with E-state index < -0.39 is 79.7 Å². The lowest BCUT2D eigenvalue weighted by Crippen LogP contribution is -2.36. The van der Waals surface area contributed by atoms with E-state index in [9.17, 15) is 48.5 Å². The number of nitrogens with one attached hydrogen (secondary N) is 1. The van der Waals surface area contributed by atoms with Gasteiger partial charge in [0.25, 0.3) is 0 Å². The van der Waals surface area contributed by atoms with Crippen molar-refractivity contribution in [2.75, 3.05) is 57.3 Å². The first-order valence-electron chi connectivity index (χ1n) is 16.5. The first kappa shape index (κ1) is 49.0. The quantitative estimate of drug-likeness (QED) is 0.0695. The zero-order chi connectivity index (χ0) is 40.9. The van der Waals surface area contributed by atoms with E-state index >= 15 is 0 Å². The van der Waals surface area contributed by atoms with Crippen LogP contribution in [-0.4, -0.2) is 114 Å². The van der Waals surface area contributed by atoms with Gasteiger partial charge in [-0.2, -0.15) is 4.98 Å². The van der Waals surface area contributed by atoms with Crippen LogP contribution in [0.25, 0.3) is 0 Å². The van der Waals surface area contributed by atoms with E-state index in [0.29, 0.717) is 0 Å². The molecule has 1 aromatic heterocycles. The van der Waals surface area contributed by atoms with Crippen molar-refractivity contribution in [3.05, 3.63) is 52.6 Å². The third-order valence-electron chi connectivity index (χ3n) is 7.71. The van der Waals surface area contributed by atoms with Crippen LogP contribution in [0.15, 0.2) is 46.2 Å². The fourth-order valence-electron chi connectivity index (χ4n) is 4.60. The van der Waals surface area contributed by atoms with Gasteiger partial charge in [-0.15, -0.1) is 0 Å². The molecule has 6 N–H and O–H groups in total. The molecule has 3 rings (SSSR count). The molecule has 0 radical (unpaired) electrons. The Morgan fingerprint density at radius 2 is 1.34 bits per heavy atom. The Balaban J connectivity index is 0.000000845. The normalized spacial score (nSPS) is 21.5. The molecule has 1 aliphatic heterocycles. The lowest BCUT2D eigenvalue weighted by atomic mass is 10.1. The molecule has 1 saturated heterocycles. The summed E-state index contributed by atoms with van der Waals surface area (Å²) in [5.74, 6) is -1.71. The highest BCUT2D eigenvalue weighted by Gasteiger charge is 2.65. The van der Waals surface area contributed by atoms with Crippen molar-refractivity contribution in [3.63, 3.8) is 0 Å². The topological polar surface area (TPSA) is 216 Å². The Morgan fingerprint density at radius 1 is 0.849 bits per heavy atom. The molecule has 310 valence electrons. The van der Waals surface area contributed by atoms with Crippen LogP contribution in [0.3, 0.4) is 0 Å². The number of hydrogen-bond donors (Lipinski definition) is 6. The van der Waals surface area contributed by atoms with Crippen LogP contribution >= 0.6 is 25.4 Å². The molecule has 1 aromatic carbocycles. The summed E-state index contributed by atoms with van der Waals surface area (Å²) in [6, 6.07) is 3.08. The molecule has 0 saturated carbocycles. The van der Waals surface area contributed by atoms with Crippen LogP contribution in [-0.2, 0) is 29.8 Å². The zero-order valence-electron chi connectivity index (χ0n) is 30.3. The lowest BCUT2D eigenvalue weighted by molar-refractivity contribution is -0.0523. The van der Waals surface area contributed by atoms with Gasteiger partial charge in [0.1, 0.15) is 23.2 Å². The zero-order valence-corrected chi connectivity index (χ0v) is 32.9. The van der Waals surface area contributed by atoms with E-state index in [1.807, 2.05) is 0 Å². The number of benzene rings is 1. The number of nitrogens with zero attached hydrogens (tertiary/aromatic N) is 4. The van der Waals surface area contributed by atoms with Crippen LogP contribution in [0.5, 0.6) is 0 Å². The molecule has 0 bridgehead atoms. The Bertz CT molecular complexity index is 1550. The molecule has 1 aliphatic rings. The Hall–Kier alpha value is -2.04. The minimum absolute atomic E-state index is 0.0689. The Kier molecular flexibility index (Phi) is 18.2. The number of aliphatic hydroxyl groups excluding tert-OH is 2. The predicted octanol–water partition coefficient (Wildman–Crippen LogP) is 5.10. The first-order chi connectivity index (χ1) is 24.2. The highest BCUT2D eigenvalue weighted by atomic mass is 32.5. The van der Waals surface area contributed by atoms with Crippen molar-refractivity contribution in [1.82, 2.24) is 19.4 Å². The molecule has 1 fully saturated rings. The molecule has 24 heteroatoms. The van der Waals surface area contributed by atoms with Crippen molar-refractivity contribution in [2.24, 2.45) is 0 Å². The fourth-order valence-corrected chi connectivity index (χ4v) is 7.82. The van der Waals surface area contributed by atoms with Crippen LogP contribution < -0.4 is 11.2 Å². The highest BCUT2D eigenvalue weighted by molar-refractivity contribution is 8.45. The molecular formula is C29H52F5N5O11P2S. The maximum Gasteiger partial charge on any atom is 0.351 e. The average molecular weight is 836 g/mol. The minimum Gasteiger partial charge on any atom is -0.387 e.